The van der Waals surface area contributed by atoms with Crippen molar-refractivity contribution < 1.29 is 0 Å². The Morgan fingerprint density at radius 2 is 1.17 bits per heavy atom. The minimum Gasteiger partial charge on any atom is -0.264 e. The van der Waals surface area contributed by atoms with Gasteiger partial charge in [0.25, 0.3) is 0 Å². The Bertz CT molecular complexity index is 867. The fourth-order valence-electron chi connectivity index (χ4n) is 2.76. The zero-order valence-electron chi connectivity index (χ0n) is 13.1. The van der Waals surface area contributed by atoms with Crippen molar-refractivity contribution in [3.05, 3.63) is 97.3 Å². The maximum atomic E-state index is 4.83. The Balaban J connectivity index is 1.75. The maximum Gasteiger partial charge on any atom is 0.0709 e. The quantitative estimate of drug-likeness (QED) is 0.501. The van der Waals surface area contributed by atoms with Crippen LogP contribution in [0.15, 0.2) is 97.3 Å². The summed E-state index contributed by atoms with van der Waals surface area (Å²) in [4.78, 5) is 9.03. The first-order chi connectivity index (χ1) is 11.9. The number of rotatable bonds is 3. The molecule has 0 N–H and O–H groups in total. The van der Waals surface area contributed by atoms with Crippen LogP contribution in [0, 0.1) is 0 Å². The summed E-state index contributed by atoms with van der Waals surface area (Å²) < 4.78 is 0. The first kappa shape index (κ1) is 14.3. The van der Waals surface area contributed by atoms with E-state index in [1.54, 1.807) is 6.20 Å². The summed E-state index contributed by atoms with van der Waals surface area (Å²) in [5.41, 5.74) is 6.45. The van der Waals surface area contributed by atoms with Gasteiger partial charge in [-0.3, -0.25) is 4.98 Å². The molecule has 2 nitrogen and oxygen atoms in total. The number of nitrogens with zero attached hydrogens (tertiary/aromatic N) is 2. The molecule has 0 fully saturated rings. The molecule has 0 saturated heterocycles. The molecule has 4 aromatic rings. The van der Waals surface area contributed by atoms with Crippen molar-refractivity contribution in [3.8, 4) is 33.6 Å². The molecule has 114 valence electrons. The van der Waals surface area contributed by atoms with Gasteiger partial charge in [-0.15, -0.1) is 0 Å². The molecule has 0 bridgehead atoms. The Hall–Kier alpha value is -3.26. The first-order valence-corrected chi connectivity index (χ1v) is 7.93. The zero-order chi connectivity index (χ0) is 16.2. The van der Waals surface area contributed by atoms with E-state index in [-0.39, 0.29) is 0 Å². The Labute approximate surface area is 141 Å². The van der Waals surface area contributed by atoms with Gasteiger partial charge in [0, 0.05) is 29.1 Å². The number of pyridine rings is 2. The molecule has 0 aliphatic rings. The summed E-state index contributed by atoms with van der Waals surface area (Å²) in [6.45, 7) is 0. The summed E-state index contributed by atoms with van der Waals surface area (Å²) in [5.74, 6) is 0. The first-order valence-electron chi connectivity index (χ1n) is 7.93. The van der Waals surface area contributed by atoms with E-state index in [0.717, 1.165) is 33.6 Å². The van der Waals surface area contributed by atoms with Crippen LogP contribution in [0.25, 0.3) is 33.6 Å². The monoisotopic (exact) mass is 308 g/mol. The fourth-order valence-corrected chi connectivity index (χ4v) is 2.76. The van der Waals surface area contributed by atoms with E-state index >= 15 is 0 Å². The fraction of sp³-hybridized carbons (Fsp3) is 0. The molecule has 2 aromatic carbocycles. The predicted octanol–water partition coefficient (Wildman–Crippen LogP) is 5.48. The van der Waals surface area contributed by atoms with Gasteiger partial charge in [0.1, 0.15) is 0 Å². The third kappa shape index (κ3) is 2.95. The normalized spacial score (nSPS) is 10.5. The van der Waals surface area contributed by atoms with Crippen molar-refractivity contribution in [2.45, 2.75) is 0 Å². The van der Waals surface area contributed by atoms with Gasteiger partial charge in [-0.2, -0.15) is 0 Å². The highest BCUT2D eigenvalue weighted by Crippen LogP contribution is 2.26. The lowest BCUT2D eigenvalue weighted by Crippen LogP contribution is -1.88. The minimum absolute atomic E-state index is 0.974. The number of aromatic nitrogens is 2. The lowest BCUT2D eigenvalue weighted by atomic mass is 10.0. The summed E-state index contributed by atoms with van der Waals surface area (Å²) in [5, 5.41) is 0. The summed E-state index contributed by atoms with van der Waals surface area (Å²) in [7, 11) is 0. The van der Waals surface area contributed by atoms with Gasteiger partial charge in [-0.05, 0) is 29.8 Å². The van der Waals surface area contributed by atoms with Crippen LogP contribution in [0.1, 0.15) is 0 Å². The molecular formula is C22H16N2. The lowest BCUT2D eigenvalue weighted by molar-refractivity contribution is 1.32. The summed E-state index contributed by atoms with van der Waals surface area (Å²) in [6, 6.07) is 28.8. The van der Waals surface area contributed by atoms with Crippen LogP contribution < -0.4 is 0 Å². The van der Waals surface area contributed by atoms with Gasteiger partial charge >= 0.3 is 0 Å². The Morgan fingerprint density at radius 3 is 1.96 bits per heavy atom. The molecule has 2 heterocycles. The van der Waals surface area contributed by atoms with Crippen molar-refractivity contribution in [1.82, 2.24) is 9.97 Å². The van der Waals surface area contributed by atoms with E-state index in [2.05, 4.69) is 59.6 Å². The molecule has 0 radical (unpaired) electrons. The minimum atomic E-state index is 0.974. The van der Waals surface area contributed by atoms with Crippen LogP contribution in [0.3, 0.4) is 0 Å². The second kappa shape index (κ2) is 6.47. The standard InChI is InChI=1S/C22H16N2/c1-2-7-17(8-3-1)21-12-5-13-22(24-21)19-10-4-9-18(15-19)20-11-6-14-23-16-20/h1-16H. The van der Waals surface area contributed by atoms with Crippen molar-refractivity contribution >= 4 is 0 Å². The van der Waals surface area contributed by atoms with E-state index in [1.807, 2.05) is 36.5 Å². The van der Waals surface area contributed by atoms with Gasteiger partial charge in [0.05, 0.1) is 11.4 Å². The molecule has 0 aliphatic heterocycles. The van der Waals surface area contributed by atoms with Crippen LogP contribution >= 0.6 is 0 Å². The van der Waals surface area contributed by atoms with Crippen molar-refractivity contribution in [2.75, 3.05) is 0 Å². The summed E-state index contributed by atoms with van der Waals surface area (Å²) in [6.07, 6.45) is 3.67. The van der Waals surface area contributed by atoms with Crippen molar-refractivity contribution in [2.24, 2.45) is 0 Å². The molecule has 0 atom stereocenters. The van der Waals surface area contributed by atoms with E-state index in [4.69, 9.17) is 4.98 Å². The average Bonchev–Trinajstić information content (AvgIpc) is 2.70. The Morgan fingerprint density at radius 1 is 0.500 bits per heavy atom. The highest BCUT2D eigenvalue weighted by Gasteiger charge is 2.05. The second-order valence-electron chi connectivity index (χ2n) is 5.60. The van der Waals surface area contributed by atoms with Gasteiger partial charge in [0.2, 0.25) is 0 Å². The van der Waals surface area contributed by atoms with Crippen molar-refractivity contribution in [1.29, 1.82) is 0 Å². The highest BCUT2D eigenvalue weighted by atomic mass is 14.7. The smallest absolute Gasteiger partial charge is 0.0709 e. The van der Waals surface area contributed by atoms with Gasteiger partial charge in [-0.1, -0.05) is 60.7 Å². The molecule has 0 aliphatic carbocycles. The third-order valence-corrected chi connectivity index (χ3v) is 3.97. The van der Waals surface area contributed by atoms with E-state index in [0.29, 0.717) is 0 Å². The topological polar surface area (TPSA) is 25.8 Å². The van der Waals surface area contributed by atoms with Crippen LogP contribution in [0.2, 0.25) is 0 Å². The molecule has 2 aromatic heterocycles. The van der Waals surface area contributed by atoms with Gasteiger partial charge < -0.3 is 0 Å². The van der Waals surface area contributed by atoms with Crippen molar-refractivity contribution in [3.63, 3.8) is 0 Å². The molecule has 4 rings (SSSR count). The average molecular weight is 308 g/mol. The lowest BCUT2D eigenvalue weighted by Gasteiger charge is -2.07. The van der Waals surface area contributed by atoms with Gasteiger partial charge in [0.15, 0.2) is 0 Å². The molecule has 24 heavy (non-hydrogen) atoms. The predicted molar refractivity (Wildman–Crippen MR) is 98.3 cm³/mol. The number of hydrogen-bond donors (Lipinski definition) is 0. The zero-order valence-corrected chi connectivity index (χ0v) is 13.1. The molecule has 0 amide bonds. The van der Waals surface area contributed by atoms with Crippen LogP contribution in [0.5, 0.6) is 0 Å². The number of benzene rings is 2. The van der Waals surface area contributed by atoms with Crippen LogP contribution in [0.4, 0.5) is 0 Å². The molecule has 0 spiro atoms. The summed E-state index contributed by atoms with van der Waals surface area (Å²) >= 11 is 0. The molecule has 0 unspecified atom stereocenters. The van der Waals surface area contributed by atoms with Gasteiger partial charge in [-0.25, -0.2) is 4.98 Å². The molecular weight excluding hydrogens is 292 g/mol. The van der Waals surface area contributed by atoms with E-state index in [1.165, 1.54) is 0 Å². The van der Waals surface area contributed by atoms with Crippen LogP contribution in [-0.4, -0.2) is 9.97 Å². The highest BCUT2D eigenvalue weighted by molar-refractivity contribution is 5.72. The number of hydrogen-bond acceptors (Lipinski definition) is 2. The van der Waals surface area contributed by atoms with E-state index < -0.39 is 0 Å². The maximum absolute atomic E-state index is 4.83. The van der Waals surface area contributed by atoms with Crippen LogP contribution in [-0.2, 0) is 0 Å². The largest absolute Gasteiger partial charge is 0.264 e. The SMILES string of the molecule is c1ccc(-c2cccc(-c3cccc(-c4cccnc4)c3)n2)cc1. The second-order valence-corrected chi connectivity index (χ2v) is 5.60. The third-order valence-electron chi connectivity index (χ3n) is 3.97. The van der Waals surface area contributed by atoms with E-state index in [9.17, 15) is 0 Å². The molecule has 0 saturated carbocycles. The molecule has 2 heteroatoms. The Kier molecular flexibility index (Phi) is 3.86.